The number of ether oxygens (including phenoxy) is 1. The maximum atomic E-state index is 13.6. The van der Waals surface area contributed by atoms with Crippen LogP contribution in [0.5, 0.6) is 5.75 Å². The van der Waals surface area contributed by atoms with Crippen LogP contribution in [0.15, 0.2) is 18.2 Å². The largest absolute Gasteiger partial charge is 0.486 e. The van der Waals surface area contributed by atoms with Crippen LogP contribution in [0.4, 0.5) is 8.78 Å². The van der Waals surface area contributed by atoms with Crippen LogP contribution in [0, 0.1) is 17.6 Å². The minimum atomic E-state index is -0.536. The van der Waals surface area contributed by atoms with Gasteiger partial charge in [0, 0.05) is 12.1 Å². The second kappa shape index (κ2) is 6.33. The molecule has 0 aliphatic heterocycles. The van der Waals surface area contributed by atoms with Crippen LogP contribution in [0.2, 0.25) is 0 Å². The summed E-state index contributed by atoms with van der Waals surface area (Å²) in [6.07, 6.45) is 4.85. The zero-order chi connectivity index (χ0) is 13.8. The second-order valence-corrected chi connectivity index (χ2v) is 5.36. The fourth-order valence-electron chi connectivity index (χ4n) is 2.77. The van der Waals surface area contributed by atoms with Crippen molar-refractivity contribution < 1.29 is 13.5 Å². The molecule has 1 aliphatic rings. The molecule has 1 aromatic carbocycles. The highest BCUT2D eigenvalue weighted by molar-refractivity contribution is 5.25. The molecule has 2 N–H and O–H groups in total. The predicted octanol–water partition coefficient (Wildman–Crippen LogP) is 3.64. The first-order valence-electron chi connectivity index (χ1n) is 6.97. The lowest BCUT2D eigenvalue weighted by atomic mass is 9.82. The third-order valence-electron chi connectivity index (χ3n) is 3.82. The molecule has 3 atom stereocenters. The molecule has 1 aliphatic carbocycles. The van der Waals surface area contributed by atoms with E-state index in [9.17, 15) is 8.78 Å². The summed E-state index contributed by atoms with van der Waals surface area (Å²) in [6, 6.07) is 3.16. The van der Waals surface area contributed by atoms with Crippen molar-refractivity contribution in [2.45, 2.75) is 51.2 Å². The molecule has 0 bridgehead atoms. The second-order valence-electron chi connectivity index (χ2n) is 5.36. The van der Waals surface area contributed by atoms with Crippen molar-refractivity contribution in [3.05, 3.63) is 29.8 Å². The summed E-state index contributed by atoms with van der Waals surface area (Å²) in [5.74, 6) is -0.485. The normalized spacial score (nSPS) is 27.3. The average Bonchev–Trinajstić information content (AvgIpc) is 2.38. The number of rotatable bonds is 4. The fraction of sp³-hybridized carbons (Fsp3) is 0.600. The van der Waals surface area contributed by atoms with Crippen molar-refractivity contribution in [3.8, 4) is 5.75 Å². The van der Waals surface area contributed by atoms with E-state index in [2.05, 4.69) is 6.92 Å². The molecule has 2 rings (SSSR count). The van der Waals surface area contributed by atoms with Gasteiger partial charge in [0.15, 0.2) is 11.6 Å². The van der Waals surface area contributed by atoms with Crippen molar-refractivity contribution in [1.29, 1.82) is 0 Å². The molecular formula is C15H21F2NO. The van der Waals surface area contributed by atoms with Gasteiger partial charge in [0.2, 0.25) is 0 Å². The first-order valence-corrected chi connectivity index (χ1v) is 6.97. The molecular weight excluding hydrogens is 248 g/mol. The zero-order valence-corrected chi connectivity index (χ0v) is 11.2. The van der Waals surface area contributed by atoms with Crippen LogP contribution in [0.1, 0.15) is 39.0 Å². The van der Waals surface area contributed by atoms with E-state index >= 15 is 0 Å². The van der Waals surface area contributed by atoms with Gasteiger partial charge in [-0.05, 0) is 37.3 Å². The third-order valence-corrected chi connectivity index (χ3v) is 3.82. The molecule has 0 heterocycles. The lowest BCUT2D eigenvalue weighted by Gasteiger charge is -2.34. The monoisotopic (exact) mass is 269 g/mol. The maximum Gasteiger partial charge on any atom is 0.165 e. The average molecular weight is 269 g/mol. The highest BCUT2D eigenvalue weighted by Gasteiger charge is 2.29. The van der Waals surface area contributed by atoms with Gasteiger partial charge in [0.25, 0.3) is 0 Å². The van der Waals surface area contributed by atoms with E-state index in [1.165, 1.54) is 0 Å². The first kappa shape index (κ1) is 14.3. The van der Waals surface area contributed by atoms with Crippen LogP contribution in [-0.2, 0) is 0 Å². The zero-order valence-electron chi connectivity index (χ0n) is 11.2. The van der Waals surface area contributed by atoms with Gasteiger partial charge in [-0.25, -0.2) is 8.78 Å². The van der Waals surface area contributed by atoms with Crippen molar-refractivity contribution in [1.82, 2.24) is 0 Å². The predicted molar refractivity (Wildman–Crippen MR) is 71.0 cm³/mol. The Morgan fingerprint density at radius 2 is 2.11 bits per heavy atom. The molecule has 1 saturated carbocycles. The van der Waals surface area contributed by atoms with Crippen LogP contribution < -0.4 is 10.5 Å². The number of benzene rings is 1. The Kier molecular flexibility index (Phi) is 4.75. The molecule has 2 nitrogen and oxygen atoms in total. The number of halogens is 2. The Balaban J connectivity index is 2.05. The Hall–Kier alpha value is -1.16. The van der Waals surface area contributed by atoms with E-state index < -0.39 is 11.6 Å². The number of hydrogen-bond donors (Lipinski definition) is 1. The summed E-state index contributed by atoms with van der Waals surface area (Å²) in [6.45, 7) is 2.15. The van der Waals surface area contributed by atoms with E-state index in [-0.39, 0.29) is 17.9 Å². The SMILES string of the molecule is CCCC1CCC(N)C(Oc2cc(F)ccc2F)C1. The Morgan fingerprint density at radius 3 is 2.84 bits per heavy atom. The summed E-state index contributed by atoms with van der Waals surface area (Å²) in [5.41, 5.74) is 6.03. The smallest absolute Gasteiger partial charge is 0.165 e. The molecule has 0 saturated heterocycles. The molecule has 4 heteroatoms. The number of nitrogens with two attached hydrogens (primary N) is 1. The van der Waals surface area contributed by atoms with Crippen LogP contribution >= 0.6 is 0 Å². The van der Waals surface area contributed by atoms with Crippen molar-refractivity contribution >= 4 is 0 Å². The Bertz CT molecular complexity index is 425. The fourth-order valence-corrected chi connectivity index (χ4v) is 2.77. The molecule has 3 unspecified atom stereocenters. The third kappa shape index (κ3) is 3.66. The standard InChI is InChI=1S/C15H21F2NO/c1-2-3-10-4-7-13(18)15(8-10)19-14-9-11(16)5-6-12(14)17/h5-6,9-10,13,15H,2-4,7-8,18H2,1H3. The highest BCUT2D eigenvalue weighted by Crippen LogP contribution is 2.31. The van der Waals surface area contributed by atoms with Gasteiger partial charge in [-0.2, -0.15) is 0 Å². The van der Waals surface area contributed by atoms with E-state index in [1.807, 2.05) is 0 Å². The van der Waals surface area contributed by atoms with E-state index in [1.54, 1.807) is 0 Å². The van der Waals surface area contributed by atoms with Crippen molar-refractivity contribution in [3.63, 3.8) is 0 Å². The van der Waals surface area contributed by atoms with Gasteiger partial charge in [-0.3, -0.25) is 0 Å². The minimum absolute atomic E-state index is 0.0300. The molecule has 0 aromatic heterocycles. The van der Waals surface area contributed by atoms with Crippen LogP contribution in [-0.4, -0.2) is 12.1 Å². The van der Waals surface area contributed by atoms with E-state index in [0.29, 0.717) is 5.92 Å². The maximum absolute atomic E-state index is 13.6. The van der Waals surface area contributed by atoms with E-state index in [4.69, 9.17) is 10.5 Å². The van der Waals surface area contributed by atoms with Gasteiger partial charge >= 0.3 is 0 Å². The minimum Gasteiger partial charge on any atom is -0.486 e. The van der Waals surface area contributed by atoms with Crippen molar-refractivity contribution in [2.75, 3.05) is 0 Å². The van der Waals surface area contributed by atoms with Gasteiger partial charge in [-0.1, -0.05) is 19.8 Å². The lowest BCUT2D eigenvalue weighted by Crippen LogP contribution is -2.44. The van der Waals surface area contributed by atoms with Crippen LogP contribution in [0.25, 0.3) is 0 Å². The van der Waals surface area contributed by atoms with Crippen LogP contribution in [0.3, 0.4) is 0 Å². The summed E-state index contributed by atoms with van der Waals surface area (Å²) < 4.78 is 32.3. The highest BCUT2D eigenvalue weighted by atomic mass is 19.1. The van der Waals surface area contributed by atoms with Gasteiger partial charge in [0.1, 0.15) is 11.9 Å². The molecule has 19 heavy (non-hydrogen) atoms. The van der Waals surface area contributed by atoms with E-state index in [0.717, 1.165) is 50.3 Å². The Morgan fingerprint density at radius 1 is 1.32 bits per heavy atom. The number of hydrogen-bond acceptors (Lipinski definition) is 2. The van der Waals surface area contributed by atoms with Gasteiger partial charge in [0.05, 0.1) is 0 Å². The summed E-state index contributed by atoms with van der Waals surface area (Å²) in [5, 5.41) is 0. The molecule has 0 radical (unpaired) electrons. The molecule has 0 spiro atoms. The van der Waals surface area contributed by atoms with Gasteiger partial charge in [-0.15, -0.1) is 0 Å². The lowest BCUT2D eigenvalue weighted by molar-refractivity contribution is 0.0949. The van der Waals surface area contributed by atoms with Gasteiger partial charge < -0.3 is 10.5 Å². The molecule has 0 amide bonds. The Labute approximate surface area is 112 Å². The quantitative estimate of drug-likeness (QED) is 0.905. The van der Waals surface area contributed by atoms with Crippen molar-refractivity contribution in [2.24, 2.45) is 11.7 Å². The summed E-state index contributed by atoms with van der Waals surface area (Å²) >= 11 is 0. The summed E-state index contributed by atoms with van der Waals surface area (Å²) in [7, 11) is 0. The topological polar surface area (TPSA) is 35.2 Å². The summed E-state index contributed by atoms with van der Waals surface area (Å²) in [4.78, 5) is 0. The molecule has 1 fully saturated rings. The first-order chi connectivity index (χ1) is 9.10. The molecule has 106 valence electrons. The molecule has 1 aromatic rings.